The third-order valence-electron chi connectivity index (χ3n) is 4.29. The van der Waals surface area contributed by atoms with E-state index in [1.54, 1.807) is 7.11 Å². The quantitative estimate of drug-likeness (QED) is 0.806. The van der Waals surface area contributed by atoms with Gasteiger partial charge >= 0.3 is 0 Å². The van der Waals surface area contributed by atoms with E-state index < -0.39 is 0 Å². The molecule has 0 saturated carbocycles. The summed E-state index contributed by atoms with van der Waals surface area (Å²) in [7, 11) is 1.78. The fourth-order valence-electron chi connectivity index (χ4n) is 3.33. The Morgan fingerprint density at radius 1 is 1.17 bits per heavy atom. The van der Waals surface area contributed by atoms with Crippen molar-refractivity contribution in [3.05, 3.63) is 30.3 Å². The summed E-state index contributed by atoms with van der Waals surface area (Å²) in [6, 6.07) is 10.8. The van der Waals surface area contributed by atoms with E-state index in [9.17, 15) is 0 Å². The number of benzene rings is 1. The molecule has 0 amide bonds. The molecule has 2 aliphatic rings. The van der Waals surface area contributed by atoms with Crippen LogP contribution in [0.25, 0.3) is 0 Å². The maximum atomic E-state index is 5.14. The van der Waals surface area contributed by atoms with Gasteiger partial charge in [-0.25, -0.2) is 0 Å². The first-order valence-electron chi connectivity index (χ1n) is 6.83. The summed E-state index contributed by atoms with van der Waals surface area (Å²) in [6.45, 7) is 6.88. The molecule has 2 heterocycles. The fraction of sp³-hybridized carbons (Fsp3) is 0.600. The zero-order valence-electron chi connectivity index (χ0n) is 11.1. The molecule has 0 radical (unpaired) electrons. The highest BCUT2D eigenvalue weighted by atomic mass is 16.5. The number of hydrogen-bond donors (Lipinski definition) is 0. The lowest BCUT2D eigenvalue weighted by Crippen LogP contribution is -2.58. The highest BCUT2D eigenvalue weighted by Gasteiger charge is 2.47. The van der Waals surface area contributed by atoms with Gasteiger partial charge in [0.1, 0.15) is 0 Å². The van der Waals surface area contributed by atoms with Gasteiger partial charge in [-0.2, -0.15) is 0 Å². The van der Waals surface area contributed by atoms with Crippen LogP contribution in [-0.2, 0) is 4.74 Å². The zero-order chi connectivity index (χ0) is 12.4. The summed E-state index contributed by atoms with van der Waals surface area (Å²) >= 11 is 0. The smallest absolute Gasteiger partial charge is 0.0589 e. The van der Waals surface area contributed by atoms with Gasteiger partial charge in [-0.1, -0.05) is 18.2 Å². The van der Waals surface area contributed by atoms with E-state index >= 15 is 0 Å². The van der Waals surface area contributed by atoms with Crippen LogP contribution in [0, 0.1) is 5.41 Å². The monoisotopic (exact) mass is 246 g/mol. The van der Waals surface area contributed by atoms with Crippen LogP contribution in [0.4, 0.5) is 5.69 Å². The number of rotatable bonds is 4. The number of anilines is 1. The number of likely N-dealkylation sites (tertiary alicyclic amines) is 1. The van der Waals surface area contributed by atoms with Gasteiger partial charge in [0.05, 0.1) is 6.61 Å². The Balaban J connectivity index is 1.54. The van der Waals surface area contributed by atoms with Crippen molar-refractivity contribution in [2.24, 2.45) is 5.41 Å². The summed E-state index contributed by atoms with van der Waals surface area (Å²) < 4.78 is 5.14. The SMILES string of the molecule is COCCN1CC2(CCN(c3ccccc3)C2)C1. The van der Waals surface area contributed by atoms with Crippen LogP contribution in [0.2, 0.25) is 0 Å². The molecule has 2 saturated heterocycles. The molecule has 3 heteroatoms. The van der Waals surface area contributed by atoms with Gasteiger partial charge in [0.25, 0.3) is 0 Å². The van der Waals surface area contributed by atoms with E-state index in [1.807, 2.05) is 0 Å². The lowest BCUT2D eigenvalue weighted by Gasteiger charge is -2.48. The zero-order valence-corrected chi connectivity index (χ0v) is 11.1. The van der Waals surface area contributed by atoms with Crippen LogP contribution in [0.3, 0.4) is 0 Å². The summed E-state index contributed by atoms with van der Waals surface area (Å²) in [6.07, 6.45) is 1.34. The molecule has 18 heavy (non-hydrogen) atoms. The molecule has 1 aromatic rings. The van der Waals surface area contributed by atoms with E-state index in [-0.39, 0.29) is 0 Å². The van der Waals surface area contributed by atoms with E-state index in [0.29, 0.717) is 5.41 Å². The second kappa shape index (κ2) is 4.90. The van der Waals surface area contributed by atoms with Crippen molar-refractivity contribution in [1.29, 1.82) is 0 Å². The minimum absolute atomic E-state index is 0.559. The largest absolute Gasteiger partial charge is 0.383 e. The maximum Gasteiger partial charge on any atom is 0.0589 e. The average Bonchev–Trinajstić information content (AvgIpc) is 2.81. The predicted molar refractivity (Wildman–Crippen MR) is 74.0 cm³/mol. The van der Waals surface area contributed by atoms with E-state index in [1.165, 1.54) is 38.3 Å². The molecule has 2 fully saturated rings. The van der Waals surface area contributed by atoms with Crippen molar-refractivity contribution in [3.63, 3.8) is 0 Å². The molecule has 3 rings (SSSR count). The standard InChI is InChI=1S/C15H22N2O/c1-18-10-9-16-11-15(12-16)7-8-17(13-15)14-5-3-2-4-6-14/h2-6H,7-13H2,1H3. The lowest BCUT2D eigenvalue weighted by atomic mass is 9.79. The van der Waals surface area contributed by atoms with Crippen molar-refractivity contribution >= 4 is 5.69 Å². The minimum atomic E-state index is 0.559. The van der Waals surface area contributed by atoms with E-state index in [4.69, 9.17) is 4.74 Å². The summed E-state index contributed by atoms with van der Waals surface area (Å²) in [4.78, 5) is 5.05. The van der Waals surface area contributed by atoms with Gasteiger partial charge in [0.15, 0.2) is 0 Å². The van der Waals surface area contributed by atoms with Crippen LogP contribution in [-0.4, -0.2) is 51.3 Å². The molecule has 1 spiro atoms. The number of ether oxygens (including phenoxy) is 1. The molecular formula is C15H22N2O. The maximum absolute atomic E-state index is 5.14. The first-order chi connectivity index (χ1) is 8.81. The molecule has 1 aromatic carbocycles. The van der Waals surface area contributed by atoms with Crippen molar-refractivity contribution in [2.45, 2.75) is 6.42 Å². The van der Waals surface area contributed by atoms with Gasteiger partial charge in [0.2, 0.25) is 0 Å². The van der Waals surface area contributed by atoms with Crippen LogP contribution < -0.4 is 4.90 Å². The van der Waals surface area contributed by atoms with Gasteiger partial charge in [-0.3, -0.25) is 4.90 Å². The predicted octanol–water partition coefficient (Wildman–Crippen LogP) is 1.85. The molecule has 0 aliphatic carbocycles. The molecule has 0 aromatic heterocycles. The third-order valence-corrected chi connectivity index (χ3v) is 4.29. The fourth-order valence-corrected chi connectivity index (χ4v) is 3.33. The van der Waals surface area contributed by atoms with Gasteiger partial charge in [0, 0.05) is 50.9 Å². The number of hydrogen-bond acceptors (Lipinski definition) is 3. The topological polar surface area (TPSA) is 15.7 Å². The summed E-state index contributed by atoms with van der Waals surface area (Å²) in [5, 5.41) is 0. The van der Waals surface area contributed by atoms with E-state index in [2.05, 4.69) is 40.1 Å². The highest BCUT2D eigenvalue weighted by molar-refractivity contribution is 5.47. The first kappa shape index (κ1) is 12.0. The van der Waals surface area contributed by atoms with Gasteiger partial charge < -0.3 is 9.64 Å². The van der Waals surface area contributed by atoms with Crippen molar-refractivity contribution in [3.8, 4) is 0 Å². The summed E-state index contributed by atoms with van der Waals surface area (Å²) in [5.41, 5.74) is 1.94. The molecule has 0 bridgehead atoms. The first-order valence-corrected chi connectivity index (χ1v) is 6.83. The third kappa shape index (κ3) is 2.25. The summed E-state index contributed by atoms with van der Waals surface area (Å²) in [5.74, 6) is 0. The van der Waals surface area contributed by atoms with Crippen LogP contribution in [0.1, 0.15) is 6.42 Å². The van der Waals surface area contributed by atoms with E-state index in [0.717, 1.165) is 13.2 Å². The lowest BCUT2D eigenvalue weighted by molar-refractivity contribution is 0.00147. The Bertz CT molecular complexity index is 387. The van der Waals surface area contributed by atoms with Crippen molar-refractivity contribution in [2.75, 3.05) is 51.3 Å². The van der Waals surface area contributed by atoms with Gasteiger partial charge in [-0.05, 0) is 18.6 Å². The van der Waals surface area contributed by atoms with Crippen LogP contribution in [0.5, 0.6) is 0 Å². The molecule has 2 aliphatic heterocycles. The van der Waals surface area contributed by atoms with Crippen molar-refractivity contribution < 1.29 is 4.74 Å². The van der Waals surface area contributed by atoms with Crippen LogP contribution >= 0.6 is 0 Å². The minimum Gasteiger partial charge on any atom is -0.383 e. The average molecular weight is 246 g/mol. The Hall–Kier alpha value is -1.06. The van der Waals surface area contributed by atoms with Crippen LogP contribution in [0.15, 0.2) is 30.3 Å². The molecule has 0 unspecified atom stereocenters. The second-order valence-corrected chi connectivity index (χ2v) is 5.71. The normalized spacial score (nSPS) is 22.4. The second-order valence-electron chi connectivity index (χ2n) is 5.71. The molecular weight excluding hydrogens is 224 g/mol. The Kier molecular flexibility index (Phi) is 3.27. The van der Waals surface area contributed by atoms with Gasteiger partial charge in [-0.15, -0.1) is 0 Å². The number of para-hydroxylation sites is 1. The highest BCUT2D eigenvalue weighted by Crippen LogP contribution is 2.40. The molecule has 98 valence electrons. The molecule has 0 N–H and O–H groups in total. The van der Waals surface area contributed by atoms with Crippen molar-refractivity contribution in [1.82, 2.24) is 4.90 Å². The Labute approximate surface area is 109 Å². The Morgan fingerprint density at radius 2 is 1.94 bits per heavy atom. The molecule has 3 nitrogen and oxygen atoms in total. The number of methoxy groups -OCH3 is 1. The molecule has 0 atom stereocenters. The number of nitrogens with zero attached hydrogens (tertiary/aromatic N) is 2. The Morgan fingerprint density at radius 3 is 2.67 bits per heavy atom.